The standard InChI is InChI=1S/C16H18N4O2/c1-11-9-14(21)15(16(22)18-12-7-8-17-10-12)19-20(11)13-5-3-2-4-6-13/h2-6,9,12,17H,7-8,10H2,1H3,(H,18,22). The van der Waals surface area contributed by atoms with Crippen molar-refractivity contribution < 1.29 is 4.79 Å². The second kappa shape index (κ2) is 6.11. The Hall–Kier alpha value is -2.47. The van der Waals surface area contributed by atoms with Gasteiger partial charge in [-0.25, -0.2) is 4.68 Å². The summed E-state index contributed by atoms with van der Waals surface area (Å²) in [6.07, 6.45) is 0.866. The van der Waals surface area contributed by atoms with E-state index in [4.69, 9.17) is 0 Å². The number of carbonyl (C=O) groups is 1. The summed E-state index contributed by atoms with van der Waals surface area (Å²) < 4.78 is 1.61. The van der Waals surface area contributed by atoms with Crippen LogP contribution in [0.15, 0.2) is 41.2 Å². The lowest BCUT2D eigenvalue weighted by Gasteiger charge is -2.13. The lowest BCUT2D eigenvalue weighted by atomic mass is 10.2. The summed E-state index contributed by atoms with van der Waals surface area (Å²) >= 11 is 0. The van der Waals surface area contributed by atoms with Crippen molar-refractivity contribution in [3.05, 3.63) is 58.0 Å². The van der Waals surface area contributed by atoms with E-state index in [1.54, 1.807) is 11.6 Å². The van der Waals surface area contributed by atoms with Gasteiger partial charge in [0, 0.05) is 24.3 Å². The molecule has 2 N–H and O–H groups in total. The first-order chi connectivity index (χ1) is 10.6. The van der Waals surface area contributed by atoms with Crippen molar-refractivity contribution in [1.29, 1.82) is 0 Å². The molecule has 2 heterocycles. The molecule has 114 valence electrons. The molecule has 1 unspecified atom stereocenters. The highest BCUT2D eigenvalue weighted by atomic mass is 16.2. The first-order valence-electron chi connectivity index (χ1n) is 7.33. The molecule has 1 amide bonds. The van der Waals surface area contributed by atoms with Gasteiger partial charge in [-0.3, -0.25) is 9.59 Å². The van der Waals surface area contributed by atoms with E-state index in [9.17, 15) is 9.59 Å². The van der Waals surface area contributed by atoms with Crippen molar-refractivity contribution in [2.75, 3.05) is 13.1 Å². The van der Waals surface area contributed by atoms with Crippen LogP contribution in [0, 0.1) is 6.92 Å². The van der Waals surface area contributed by atoms with Gasteiger partial charge in [-0.1, -0.05) is 18.2 Å². The number of rotatable bonds is 3. The Kier molecular flexibility index (Phi) is 4.02. The third-order valence-electron chi connectivity index (χ3n) is 3.72. The monoisotopic (exact) mass is 298 g/mol. The van der Waals surface area contributed by atoms with Gasteiger partial charge in [-0.2, -0.15) is 5.10 Å². The van der Waals surface area contributed by atoms with E-state index in [0.717, 1.165) is 25.2 Å². The smallest absolute Gasteiger partial charge is 0.276 e. The Morgan fingerprint density at radius 3 is 2.82 bits per heavy atom. The minimum absolute atomic E-state index is 0.0557. The molecule has 1 atom stereocenters. The topological polar surface area (TPSA) is 76.0 Å². The van der Waals surface area contributed by atoms with Crippen molar-refractivity contribution in [2.45, 2.75) is 19.4 Å². The Bertz CT molecular complexity index is 734. The van der Waals surface area contributed by atoms with E-state index in [2.05, 4.69) is 15.7 Å². The molecular formula is C16H18N4O2. The van der Waals surface area contributed by atoms with Gasteiger partial charge in [0.15, 0.2) is 5.69 Å². The van der Waals surface area contributed by atoms with E-state index >= 15 is 0 Å². The zero-order chi connectivity index (χ0) is 15.5. The van der Waals surface area contributed by atoms with Crippen LogP contribution in [-0.4, -0.2) is 34.8 Å². The van der Waals surface area contributed by atoms with Gasteiger partial charge in [-0.05, 0) is 32.0 Å². The number of hydrogen-bond donors (Lipinski definition) is 2. The quantitative estimate of drug-likeness (QED) is 0.871. The van der Waals surface area contributed by atoms with Gasteiger partial charge in [0.25, 0.3) is 5.91 Å². The number of amides is 1. The molecular weight excluding hydrogens is 280 g/mol. The third-order valence-corrected chi connectivity index (χ3v) is 3.72. The number of para-hydroxylation sites is 1. The number of aromatic nitrogens is 2. The Morgan fingerprint density at radius 1 is 1.36 bits per heavy atom. The van der Waals surface area contributed by atoms with Crippen LogP contribution in [0.25, 0.3) is 5.69 Å². The number of hydrogen-bond acceptors (Lipinski definition) is 4. The van der Waals surface area contributed by atoms with E-state index in [1.165, 1.54) is 6.07 Å². The minimum atomic E-state index is -0.414. The van der Waals surface area contributed by atoms with Crippen LogP contribution in [0.3, 0.4) is 0 Å². The van der Waals surface area contributed by atoms with Crippen molar-refractivity contribution in [3.8, 4) is 5.69 Å². The lowest BCUT2D eigenvalue weighted by Crippen LogP contribution is -2.39. The highest BCUT2D eigenvalue weighted by Crippen LogP contribution is 2.08. The van der Waals surface area contributed by atoms with Crippen LogP contribution >= 0.6 is 0 Å². The van der Waals surface area contributed by atoms with Crippen molar-refractivity contribution in [3.63, 3.8) is 0 Å². The Balaban J connectivity index is 1.94. The maximum atomic E-state index is 12.3. The maximum Gasteiger partial charge on any atom is 0.276 e. The molecule has 1 aromatic carbocycles. The van der Waals surface area contributed by atoms with Crippen molar-refractivity contribution in [1.82, 2.24) is 20.4 Å². The van der Waals surface area contributed by atoms with Crippen LogP contribution in [0.2, 0.25) is 0 Å². The molecule has 6 heteroatoms. The van der Waals surface area contributed by atoms with Gasteiger partial charge in [0.1, 0.15) is 0 Å². The van der Waals surface area contributed by atoms with Crippen LogP contribution in [0.4, 0.5) is 0 Å². The molecule has 22 heavy (non-hydrogen) atoms. The third kappa shape index (κ3) is 2.92. The minimum Gasteiger partial charge on any atom is -0.346 e. The predicted molar refractivity (Wildman–Crippen MR) is 83.3 cm³/mol. The molecule has 1 aliphatic heterocycles. The van der Waals surface area contributed by atoms with E-state index in [-0.39, 0.29) is 17.2 Å². The zero-order valence-electron chi connectivity index (χ0n) is 12.4. The molecule has 0 bridgehead atoms. The van der Waals surface area contributed by atoms with Gasteiger partial charge in [0.05, 0.1) is 5.69 Å². The highest BCUT2D eigenvalue weighted by Gasteiger charge is 2.21. The summed E-state index contributed by atoms with van der Waals surface area (Å²) in [5.74, 6) is -0.414. The van der Waals surface area contributed by atoms with E-state index in [1.807, 2.05) is 30.3 Å². The molecule has 0 radical (unpaired) electrons. The van der Waals surface area contributed by atoms with Gasteiger partial charge in [-0.15, -0.1) is 0 Å². The first-order valence-corrected chi connectivity index (χ1v) is 7.33. The SMILES string of the molecule is Cc1cc(=O)c(C(=O)NC2CCNC2)nn1-c1ccccc1. The summed E-state index contributed by atoms with van der Waals surface area (Å²) in [4.78, 5) is 24.4. The largest absolute Gasteiger partial charge is 0.346 e. The zero-order valence-corrected chi connectivity index (χ0v) is 12.4. The average Bonchev–Trinajstić information content (AvgIpc) is 3.01. The second-order valence-corrected chi connectivity index (χ2v) is 5.41. The number of nitrogens with zero attached hydrogens (tertiary/aromatic N) is 2. The molecule has 2 aromatic rings. The first kappa shape index (κ1) is 14.5. The maximum absolute atomic E-state index is 12.3. The molecule has 6 nitrogen and oxygen atoms in total. The molecule has 3 rings (SSSR count). The molecule has 0 spiro atoms. The summed E-state index contributed by atoms with van der Waals surface area (Å²) in [5, 5.41) is 10.3. The number of benzene rings is 1. The number of carbonyl (C=O) groups excluding carboxylic acids is 1. The average molecular weight is 298 g/mol. The fourth-order valence-corrected chi connectivity index (χ4v) is 2.57. The second-order valence-electron chi connectivity index (χ2n) is 5.41. The van der Waals surface area contributed by atoms with Crippen LogP contribution in [0.1, 0.15) is 22.6 Å². The van der Waals surface area contributed by atoms with Gasteiger partial charge >= 0.3 is 0 Å². The number of nitrogens with one attached hydrogen (secondary N) is 2. The summed E-state index contributed by atoms with van der Waals surface area (Å²) in [6, 6.07) is 10.9. The normalized spacial score (nSPS) is 17.4. The van der Waals surface area contributed by atoms with E-state index in [0.29, 0.717) is 5.69 Å². The van der Waals surface area contributed by atoms with E-state index < -0.39 is 5.91 Å². The molecule has 1 fully saturated rings. The Morgan fingerprint density at radius 2 is 2.14 bits per heavy atom. The van der Waals surface area contributed by atoms with Crippen molar-refractivity contribution >= 4 is 5.91 Å². The lowest BCUT2D eigenvalue weighted by molar-refractivity contribution is 0.0932. The van der Waals surface area contributed by atoms with Crippen LogP contribution in [-0.2, 0) is 0 Å². The van der Waals surface area contributed by atoms with Crippen molar-refractivity contribution in [2.24, 2.45) is 0 Å². The highest BCUT2D eigenvalue weighted by molar-refractivity contribution is 5.92. The Labute approximate surface area is 128 Å². The molecule has 0 aliphatic carbocycles. The van der Waals surface area contributed by atoms with Gasteiger partial charge in [0.2, 0.25) is 5.43 Å². The summed E-state index contributed by atoms with van der Waals surface area (Å²) in [7, 11) is 0. The molecule has 1 aromatic heterocycles. The fraction of sp³-hybridized carbons (Fsp3) is 0.312. The predicted octanol–water partition coefficient (Wildman–Crippen LogP) is 0.633. The summed E-state index contributed by atoms with van der Waals surface area (Å²) in [6.45, 7) is 3.40. The number of aryl methyl sites for hydroxylation is 1. The van der Waals surface area contributed by atoms with Gasteiger partial charge < -0.3 is 10.6 Å². The van der Waals surface area contributed by atoms with Crippen LogP contribution in [0.5, 0.6) is 0 Å². The molecule has 1 saturated heterocycles. The molecule has 0 saturated carbocycles. The van der Waals surface area contributed by atoms with Crippen LogP contribution < -0.4 is 16.1 Å². The fourth-order valence-electron chi connectivity index (χ4n) is 2.57. The molecule has 1 aliphatic rings. The summed E-state index contributed by atoms with van der Waals surface area (Å²) in [5.41, 5.74) is 1.08.